The summed E-state index contributed by atoms with van der Waals surface area (Å²) in [6, 6.07) is 0.196. The highest BCUT2D eigenvalue weighted by molar-refractivity contribution is 7.91. The van der Waals surface area contributed by atoms with E-state index in [1.165, 1.54) is 6.26 Å². The van der Waals surface area contributed by atoms with Crippen molar-refractivity contribution in [2.75, 3.05) is 33.1 Å². The Morgan fingerprint density at radius 2 is 1.96 bits per heavy atom. The van der Waals surface area contributed by atoms with Crippen LogP contribution >= 0.6 is 0 Å². The molecular weight excluding hydrogens is 342 g/mol. The summed E-state index contributed by atoms with van der Waals surface area (Å²) in [5.41, 5.74) is 0. The van der Waals surface area contributed by atoms with Crippen molar-refractivity contribution >= 4 is 9.84 Å². The quantitative estimate of drug-likeness (QED) is 0.612. The number of ether oxygens (including phenoxy) is 2. The van der Waals surface area contributed by atoms with Gasteiger partial charge in [0.1, 0.15) is 16.1 Å². The summed E-state index contributed by atoms with van der Waals surface area (Å²) in [5.74, 6) is 0.433. The lowest BCUT2D eigenvalue weighted by atomic mass is 9.82. The van der Waals surface area contributed by atoms with Gasteiger partial charge in [0.15, 0.2) is 0 Å². The van der Waals surface area contributed by atoms with Crippen LogP contribution in [0, 0.1) is 5.92 Å². The predicted octanol–water partition coefficient (Wildman–Crippen LogP) is 0.218. The van der Waals surface area contributed by atoms with Gasteiger partial charge in [0.05, 0.1) is 23.6 Å². The van der Waals surface area contributed by atoms with Crippen LogP contribution in [0.3, 0.4) is 0 Å². The van der Waals surface area contributed by atoms with Crippen LogP contribution in [0.1, 0.15) is 38.5 Å². The van der Waals surface area contributed by atoms with E-state index in [1.54, 1.807) is 7.11 Å². The Bertz CT molecular complexity index is 516. The van der Waals surface area contributed by atoms with Crippen LogP contribution in [-0.2, 0) is 19.3 Å². The van der Waals surface area contributed by atoms with Crippen LogP contribution in [0.25, 0.3) is 0 Å². The largest absolute Gasteiger partial charge is 0.377 e. The first-order chi connectivity index (χ1) is 12.0. The van der Waals surface area contributed by atoms with Gasteiger partial charge < -0.3 is 9.47 Å². The Kier molecular flexibility index (Phi) is 6.73. The third kappa shape index (κ3) is 5.14. The van der Waals surface area contributed by atoms with Crippen molar-refractivity contribution in [2.45, 2.75) is 68.3 Å². The number of piperazine rings is 1. The molecular formula is C17H33N3O4S. The van der Waals surface area contributed by atoms with E-state index in [-0.39, 0.29) is 23.7 Å². The van der Waals surface area contributed by atoms with Gasteiger partial charge in [-0.3, -0.25) is 16.0 Å². The average molecular weight is 376 g/mol. The zero-order chi connectivity index (χ0) is 17.9. The fraction of sp³-hybridized carbons (Fsp3) is 1.00. The molecule has 8 heteroatoms. The Labute approximate surface area is 151 Å². The van der Waals surface area contributed by atoms with Crippen molar-refractivity contribution in [3.63, 3.8) is 0 Å². The van der Waals surface area contributed by atoms with E-state index in [1.807, 2.05) is 0 Å². The number of rotatable bonds is 6. The average Bonchev–Trinajstić information content (AvgIpc) is 3.12. The molecule has 0 aromatic rings. The Hall–Kier alpha value is -0.250. The topological polar surface area (TPSA) is 88.7 Å². The Morgan fingerprint density at radius 3 is 2.56 bits per heavy atom. The lowest BCUT2D eigenvalue weighted by Crippen LogP contribution is -2.68. The fourth-order valence-electron chi connectivity index (χ4n) is 4.44. The van der Waals surface area contributed by atoms with Gasteiger partial charge in [-0.1, -0.05) is 0 Å². The summed E-state index contributed by atoms with van der Waals surface area (Å²) in [4.78, 5) is 0. The van der Waals surface area contributed by atoms with Gasteiger partial charge in [0, 0.05) is 33.1 Å². The summed E-state index contributed by atoms with van der Waals surface area (Å²) < 4.78 is 34.9. The van der Waals surface area contributed by atoms with Crippen molar-refractivity contribution in [1.82, 2.24) is 16.0 Å². The van der Waals surface area contributed by atoms with Crippen LogP contribution in [0.4, 0.5) is 0 Å². The molecule has 3 rings (SSSR count). The number of nitrogens with one attached hydrogen (secondary N) is 3. The lowest BCUT2D eigenvalue weighted by Gasteiger charge is -2.43. The van der Waals surface area contributed by atoms with Gasteiger partial charge >= 0.3 is 0 Å². The molecule has 2 saturated heterocycles. The molecule has 0 aromatic heterocycles. The van der Waals surface area contributed by atoms with Crippen LogP contribution in [0.2, 0.25) is 0 Å². The fourth-order valence-corrected chi connectivity index (χ4v) is 5.57. The van der Waals surface area contributed by atoms with E-state index in [9.17, 15) is 8.42 Å². The van der Waals surface area contributed by atoms with Crippen LogP contribution in [-0.4, -0.2) is 71.3 Å². The predicted molar refractivity (Wildman–Crippen MR) is 97.1 cm³/mol. The van der Waals surface area contributed by atoms with Crippen molar-refractivity contribution in [1.29, 1.82) is 0 Å². The van der Waals surface area contributed by atoms with Crippen molar-refractivity contribution in [2.24, 2.45) is 5.92 Å². The van der Waals surface area contributed by atoms with Crippen LogP contribution in [0.5, 0.6) is 0 Å². The second kappa shape index (κ2) is 8.63. The molecule has 2 heterocycles. The van der Waals surface area contributed by atoms with Crippen molar-refractivity contribution < 1.29 is 17.9 Å². The molecule has 0 spiro atoms. The number of methoxy groups -OCH3 is 1. The molecule has 4 unspecified atom stereocenters. The summed E-state index contributed by atoms with van der Waals surface area (Å²) in [6.07, 6.45) is 7.50. The normalized spacial score (nSPS) is 40.2. The molecule has 7 nitrogen and oxygen atoms in total. The van der Waals surface area contributed by atoms with Gasteiger partial charge in [-0.2, -0.15) is 0 Å². The van der Waals surface area contributed by atoms with Gasteiger partial charge in [-0.15, -0.1) is 0 Å². The smallest absolute Gasteiger partial charge is 0.150 e. The highest BCUT2D eigenvalue weighted by Gasteiger charge is 2.38. The Morgan fingerprint density at radius 1 is 1.20 bits per heavy atom. The zero-order valence-electron chi connectivity index (χ0n) is 15.4. The SMILES string of the molecule is COC1NCC(NCC2CCCO2)NC1C1CCC(S(C)(=O)=O)CC1. The highest BCUT2D eigenvalue weighted by atomic mass is 32.2. The third-order valence-electron chi connectivity index (χ3n) is 5.95. The van der Waals surface area contributed by atoms with E-state index in [0.29, 0.717) is 12.0 Å². The van der Waals surface area contributed by atoms with Crippen LogP contribution in [0.15, 0.2) is 0 Å². The van der Waals surface area contributed by atoms with Crippen LogP contribution < -0.4 is 16.0 Å². The second-order valence-corrected chi connectivity index (χ2v) is 10.0. The molecule has 3 N–H and O–H groups in total. The van der Waals surface area contributed by atoms with Gasteiger partial charge in [-0.25, -0.2) is 8.42 Å². The van der Waals surface area contributed by atoms with E-state index < -0.39 is 9.84 Å². The zero-order valence-corrected chi connectivity index (χ0v) is 16.2. The molecule has 146 valence electrons. The minimum absolute atomic E-state index is 0.0273. The van der Waals surface area contributed by atoms with Gasteiger partial charge in [0.2, 0.25) is 0 Å². The monoisotopic (exact) mass is 375 g/mol. The molecule has 3 aliphatic rings. The third-order valence-corrected chi connectivity index (χ3v) is 7.63. The highest BCUT2D eigenvalue weighted by Crippen LogP contribution is 2.32. The first kappa shape index (κ1) is 19.5. The van der Waals surface area contributed by atoms with E-state index in [0.717, 1.165) is 58.2 Å². The summed E-state index contributed by atoms with van der Waals surface area (Å²) in [7, 11) is -1.19. The van der Waals surface area contributed by atoms with E-state index >= 15 is 0 Å². The maximum Gasteiger partial charge on any atom is 0.150 e. The summed E-state index contributed by atoms with van der Waals surface area (Å²) >= 11 is 0. The molecule has 0 aromatic carbocycles. The molecule has 3 fully saturated rings. The first-order valence-corrected chi connectivity index (χ1v) is 11.5. The van der Waals surface area contributed by atoms with Gasteiger partial charge in [0.25, 0.3) is 0 Å². The number of hydrogen-bond donors (Lipinski definition) is 3. The number of hydrogen-bond acceptors (Lipinski definition) is 7. The molecule has 0 amide bonds. The number of sulfone groups is 1. The Balaban J connectivity index is 1.52. The molecule has 0 radical (unpaired) electrons. The standard InChI is InChI=1S/C17H33N3O4S/c1-23-17-16(12-5-7-14(8-6-12)25(2,21)22)20-15(11-19-17)18-10-13-4-3-9-24-13/h12-20H,3-11H2,1-2H3. The lowest BCUT2D eigenvalue weighted by molar-refractivity contribution is -0.0139. The van der Waals surface area contributed by atoms with Crippen molar-refractivity contribution in [3.8, 4) is 0 Å². The summed E-state index contributed by atoms with van der Waals surface area (Å²) in [6.45, 7) is 2.55. The molecule has 4 atom stereocenters. The minimum atomic E-state index is -2.92. The maximum atomic E-state index is 11.8. The molecule has 1 aliphatic carbocycles. The first-order valence-electron chi connectivity index (χ1n) is 9.53. The van der Waals surface area contributed by atoms with E-state index in [4.69, 9.17) is 9.47 Å². The van der Waals surface area contributed by atoms with Gasteiger partial charge in [-0.05, 0) is 44.4 Å². The summed E-state index contributed by atoms with van der Waals surface area (Å²) in [5, 5.41) is 10.6. The molecule has 2 aliphatic heterocycles. The van der Waals surface area contributed by atoms with Crippen molar-refractivity contribution in [3.05, 3.63) is 0 Å². The van der Waals surface area contributed by atoms with E-state index in [2.05, 4.69) is 16.0 Å². The maximum absolute atomic E-state index is 11.8. The second-order valence-electron chi connectivity index (χ2n) is 7.72. The molecule has 0 bridgehead atoms. The minimum Gasteiger partial charge on any atom is -0.377 e. The molecule has 25 heavy (non-hydrogen) atoms. The molecule has 1 saturated carbocycles.